The zero-order valence-corrected chi connectivity index (χ0v) is 21.7. The van der Waals surface area contributed by atoms with Crippen LogP contribution in [0.1, 0.15) is 17.0 Å². The number of anilines is 1. The van der Waals surface area contributed by atoms with Gasteiger partial charge >= 0.3 is 0 Å². The van der Waals surface area contributed by atoms with Crippen molar-refractivity contribution in [1.29, 1.82) is 0 Å². The number of nitrogens with one attached hydrogen (secondary N) is 1. The summed E-state index contributed by atoms with van der Waals surface area (Å²) in [6.07, 6.45) is 1.69. The SMILES string of the molecule is COc1ccc(-n2c(C)cc(/C=C3\SC(=O)N(CC(=O)Nc4ccc(OC)c(Cl)c4)C3=O)c2C)cc1. The van der Waals surface area contributed by atoms with Crippen LogP contribution in [0.2, 0.25) is 5.02 Å². The van der Waals surface area contributed by atoms with Crippen LogP contribution in [0.4, 0.5) is 10.5 Å². The van der Waals surface area contributed by atoms with Gasteiger partial charge in [0.2, 0.25) is 5.91 Å². The lowest BCUT2D eigenvalue weighted by Crippen LogP contribution is -2.36. The van der Waals surface area contributed by atoms with Crippen molar-refractivity contribution in [3.05, 3.63) is 75.4 Å². The minimum atomic E-state index is -0.516. The minimum absolute atomic E-state index is 0.260. The molecule has 4 rings (SSSR count). The average Bonchev–Trinajstić information content (AvgIpc) is 3.28. The summed E-state index contributed by atoms with van der Waals surface area (Å²) in [5.74, 6) is 0.200. The molecule has 1 aliphatic heterocycles. The van der Waals surface area contributed by atoms with Crippen LogP contribution in [0, 0.1) is 13.8 Å². The highest BCUT2D eigenvalue weighted by Crippen LogP contribution is 2.34. The van der Waals surface area contributed by atoms with Crippen LogP contribution in [-0.2, 0) is 9.59 Å². The number of amides is 3. The van der Waals surface area contributed by atoms with Gasteiger partial charge in [0.25, 0.3) is 11.1 Å². The molecule has 3 amide bonds. The molecule has 0 radical (unpaired) electrons. The maximum Gasteiger partial charge on any atom is 0.294 e. The fraction of sp³-hybridized carbons (Fsp3) is 0.192. The topological polar surface area (TPSA) is 89.9 Å². The molecule has 2 heterocycles. The van der Waals surface area contributed by atoms with Crippen LogP contribution >= 0.6 is 23.4 Å². The zero-order chi connectivity index (χ0) is 26.0. The molecule has 1 saturated heterocycles. The Morgan fingerprint density at radius 2 is 1.78 bits per heavy atom. The number of carbonyl (C=O) groups is 3. The number of ether oxygens (including phenoxy) is 2. The smallest absolute Gasteiger partial charge is 0.294 e. The summed E-state index contributed by atoms with van der Waals surface area (Å²) >= 11 is 6.90. The van der Waals surface area contributed by atoms with Crippen LogP contribution in [0.25, 0.3) is 11.8 Å². The van der Waals surface area contributed by atoms with E-state index in [1.54, 1.807) is 25.3 Å². The first kappa shape index (κ1) is 25.4. The molecule has 0 bridgehead atoms. The highest BCUT2D eigenvalue weighted by Gasteiger charge is 2.36. The maximum absolute atomic E-state index is 13.0. The Kier molecular flexibility index (Phi) is 7.42. The Bertz CT molecular complexity index is 1380. The second-order valence-electron chi connectivity index (χ2n) is 8.03. The van der Waals surface area contributed by atoms with Crippen molar-refractivity contribution in [3.8, 4) is 17.2 Å². The van der Waals surface area contributed by atoms with Gasteiger partial charge in [0.15, 0.2) is 0 Å². The van der Waals surface area contributed by atoms with Crippen molar-refractivity contribution >= 4 is 52.2 Å². The van der Waals surface area contributed by atoms with E-state index in [0.717, 1.165) is 45.1 Å². The van der Waals surface area contributed by atoms with E-state index in [2.05, 4.69) is 9.88 Å². The maximum atomic E-state index is 13.0. The summed E-state index contributed by atoms with van der Waals surface area (Å²) in [6, 6.07) is 14.4. The van der Waals surface area contributed by atoms with Gasteiger partial charge in [-0.2, -0.15) is 0 Å². The molecule has 3 aromatic rings. The van der Waals surface area contributed by atoms with Crippen LogP contribution in [0.15, 0.2) is 53.4 Å². The normalized spacial score (nSPS) is 14.5. The molecule has 1 N–H and O–H groups in total. The molecule has 1 aromatic heterocycles. The molecule has 10 heteroatoms. The lowest BCUT2D eigenvalue weighted by atomic mass is 10.2. The predicted octanol–water partition coefficient (Wildman–Crippen LogP) is 5.44. The van der Waals surface area contributed by atoms with Gasteiger partial charge in [0, 0.05) is 22.8 Å². The number of rotatable bonds is 7. The standard InChI is InChI=1S/C26H24ClN3O5S/c1-15-11-17(16(2)30(15)19-6-8-20(34-3)9-7-19)12-23-25(32)29(26(33)36-23)14-24(31)28-18-5-10-22(35-4)21(27)13-18/h5-13H,14H2,1-4H3,(H,28,31)/b23-12-. The summed E-state index contributed by atoms with van der Waals surface area (Å²) in [4.78, 5) is 39.2. The van der Waals surface area contributed by atoms with Crippen molar-refractivity contribution in [2.24, 2.45) is 0 Å². The fourth-order valence-corrected chi connectivity index (χ4v) is 5.02. The van der Waals surface area contributed by atoms with Crippen LogP contribution < -0.4 is 14.8 Å². The molecule has 0 saturated carbocycles. The Morgan fingerprint density at radius 3 is 2.42 bits per heavy atom. The molecular weight excluding hydrogens is 502 g/mol. The Labute approximate surface area is 217 Å². The first-order valence-electron chi connectivity index (χ1n) is 10.9. The summed E-state index contributed by atoms with van der Waals surface area (Å²) in [6.45, 7) is 3.51. The van der Waals surface area contributed by atoms with E-state index in [-0.39, 0.29) is 4.91 Å². The molecule has 0 unspecified atom stereocenters. The number of hydrogen-bond acceptors (Lipinski definition) is 6. The van der Waals surface area contributed by atoms with Crippen LogP contribution in [0.3, 0.4) is 0 Å². The van der Waals surface area contributed by atoms with Crippen molar-refractivity contribution in [2.45, 2.75) is 13.8 Å². The molecule has 0 aliphatic carbocycles. The average molecular weight is 526 g/mol. The number of halogens is 1. The molecule has 36 heavy (non-hydrogen) atoms. The summed E-state index contributed by atoms with van der Waals surface area (Å²) < 4.78 is 12.4. The van der Waals surface area contributed by atoms with Gasteiger partial charge < -0.3 is 19.4 Å². The summed E-state index contributed by atoms with van der Waals surface area (Å²) in [5.41, 5.74) is 4.08. The number of imide groups is 1. The van der Waals surface area contributed by atoms with E-state index < -0.39 is 23.6 Å². The van der Waals surface area contributed by atoms with E-state index in [1.807, 2.05) is 44.2 Å². The third-order valence-corrected chi connectivity index (χ3v) is 6.90. The monoisotopic (exact) mass is 525 g/mol. The van der Waals surface area contributed by atoms with E-state index in [4.69, 9.17) is 21.1 Å². The summed E-state index contributed by atoms with van der Waals surface area (Å²) in [7, 11) is 3.11. The molecule has 2 aromatic carbocycles. The van der Waals surface area contributed by atoms with E-state index >= 15 is 0 Å². The van der Waals surface area contributed by atoms with E-state index in [1.165, 1.54) is 13.2 Å². The third-order valence-electron chi connectivity index (χ3n) is 5.70. The van der Waals surface area contributed by atoms with Gasteiger partial charge in [0.1, 0.15) is 18.0 Å². The number of benzene rings is 2. The lowest BCUT2D eigenvalue weighted by Gasteiger charge is -2.13. The van der Waals surface area contributed by atoms with Crippen molar-refractivity contribution in [3.63, 3.8) is 0 Å². The van der Waals surface area contributed by atoms with E-state index in [0.29, 0.717) is 16.5 Å². The number of nitrogens with zero attached hydrogens (tertiary/aromatic N) is 2. The fourth-order valence-electron chi connectivity index (χ4n) is 3.93. The number of carbonyl (C=O) groups excluding carboxylic acids is 3. The Balaban J connectivity index is 1.50. The zero-order valence-electron chi connectivity index (χ0n) is 20.1. The molecule has 1 aliphatic rings. The van der Waals surface area contributed by atoms with Crippen molar-refractivity contribution in [2.75, 3.05) is 26.1 Å². The number of aryl methyl sites for hydroxylation is 1. The summed E-state index contributed by atoms with van der Waals surface area (Å²) in [5, 5.41) is 2.48. The van der Waals surface area contributed by atoms with Crippen LogP contribution in [0.5, 0.6) is 11.5 Å². The second-order valence-corrected chi connectivity index (χ2v) is 9.43. The van der Waals surface area contributed by atoms with Gasteiger partial charge in [-0.15, -0.1) is 0 Å². The largest absolute Gasteiger partial charge is 0.497 e. The third kappa shape index (κ3) is 5.12. The quantitative estimate of drug-likeness (QED) is 0.413. The first-order valence-corrected chi connectivity index (χ1v) is 12.1. The number of methoxy groups -OCH3 is 2. The highest BCUT2D eigenvalue weighted by molar-refractivity contribution is 8.18. The van der Waals surface area contributed by atoms with Gasteiger partial charge in [-0.3, -0.25) is 19.3 Å². The molecule has 0 spiro atoms. The number of aromatic nitrogens is 1. The second kappa shape index (κ2) is 10.5. The van der Waals surface area contributed by atoms with Gasteiger partial charge in [-0.05, 0) is 85.8 Å². The Morgan fingerprint density at radius 1 is 1.06 bits per heavy atom. The molecule has 8 nitrogen and oxygen atoms in total. The van der Waals surface area contributed by atoms with Crippen LogP contribution in [-0.4, -0.2) is 47.3 Å². The van der Waals surface area contributed by atoms with Crippen molar-refractivity contribution in [1.82, 2.24) is 9.47 Å². The Hall–Kier alpha value is -3.69. The number of thioether (sulfide) groups is 1. The van der Waals surface area contributed by atoms with Gasteiger partial charge in [-0.25, -0.2) is 0 Å². The lowest BCUT2D eigenvalue weighted by molar-refractivity contribution is -0.127. The molecule has 0 atom stereocenters. The highest BCUT2D eigenvalue weighted by atomic mass is 35.5. The number of hydrogen-bond donors (Lipinski definition) is 1. The van der Waals surface area contributed by atoms with Gasteiger partial charge in [0.05, 0.1) is 24.1 Å². The van der Waals surface area contributed by atoms with E-state index in [9.17, 15) is 14.4 Å². The van der Waals surface area contributed by atoms with Gasteiger partial charge in [-0.1, -0.05) is 11.6 Å². The first-order chi connectivity index (χ1) is 17.2. The minimum Gasteiger partial charge on any atom is -0.497 e. The molecule has 1 fully saturated rings. The van der Waals surface area contributed by atoms with Crippen molar-refractivity contribution < 1.29 is 23.9 Å². The predicted molar refractivity (Wildman–Crippen MR) is 141 cm³/mol. The molecular formula is C26H24ClN3O5S. The molecule has 186 valence electrons.